The van der Waals surface area contributed by atoms with Crippen molar-refractivity contribution < 1.29 is 0 Å². The van der Waals surface area contributed by atoms with Crippen LogP contribution < -0.4 is 0 Å². The Morgan fingerprint density at radius 3 is 1.74 bits per heavy atom. The molecule has 2 heterocycles. The van der Waals surface area contributed by atoms with E-state index in [0.717, 1.165) is 17.8 Å². The molecule has 7 aromatic rings. The Morgan fingerprint density at radius 2 is 1.10 bits per heavy atom. The van der Waals surface area contributed by atoms with Crippen LogP contribution in [0.2, 0.25) is 0 Å². The van der Waals surface area contributed by atoms with E-state index in [4.69, 9.17) is 11.6 Å². The number of rotatable bonds is 3. The van der Waals surface area contributed by atoms with Crippen molar-refractivity contribution in [3.8, 4) is 11.4 Å². The van der Waals surface area contributed by atoms with Crippen LogP contribution in [0.15, 0.2) is 133 Å². The highest BCUT2D eigenvalue weighted by Gasteiger charge is 2.17. The van der Waals surface area contributed by atoms with Gasteiger partial charge in [0.1, 0.15) is 0 Å². The molecule has 0 N–H and O–H groups in total. The number of hydrogen-bond acceptors (Lipinski definition) is 0. The van der Waals surface area contributed by atoms with E-state index in [1.807, 2.05) is 0 Å². The summed E-state index contributed by atoms with van der Waals surface area (Å²) >= 11 is 6.47. The van der Waals surface area contributed by atoms with Crippen LogP contribution in [-0.2, 0) is 0 Å². The number of aromatic nitrogens is 2. The topological polar surface area (TPSA) is 9.86 Å². The number of para-hydroxylation sites is 3. The van der Waals surface area contributed by atoms with Gasteiger partial charge in [0.25, 0.3) is 0 Å². The lowest BCUT2D eigenvalue weighted by Gasteiger charge is -2.14. The standard InChI is InChI=1S/C36H25ClN2/c37-26-11-7-9-24(21-26)25-10-8-12-27(22-25)39-35-18-6-3-15-31(35)32-20-19-28(23-36(32)39)38-33-16-4-1-13-29(33)30-14-2-5-17-34(30)38/h1-10,12-23,26H,11H2. The highest BCUT2D eigenvalue weighted by atomic mass is 35.5. The molecule has 0 aliphatic heterocycles. The van der Waals surface area contributed by atoms with Crippen molar-refractivity contribution in [1.29, 1.82) is 0 Å². The van der Waals surface area contributed by atoms with Crippen LogP contribution in [0.1, 0.15) is 12.0 Å². The van der Waals surface area contributed by atoms with Gasteiger partial charge in [-0.1, -0.05) is 91.0 Å². The molecule has 8 rings (SSSR count). The smallest absolute Gasteiger partial charge is 0.0561 e. The average Bonchev–Trinajstić information content (AvgIpc) is 3.50. The Morgan fingerprint density at radius 1 is 0.538 bits per heavy atom. The normalized spacial score (nSPS) is 15.5. The zero-order valence-corrected chi connectivity index (χ0v) is 22.0. The molecule has 1 aliphatic rings. The van der Waals surface area contributed by atoms with Crippen LogP contribution in [0.5, 0.6) is 0 Å². The van der Waals surface area contributed by atoms with Gasteiger partial charge >= 0.3 is 0 Å². The number of fused-ring (bicyclic) bond motifs is 6. The summed E-state index contributed by atoms with van der Waals surface area (Å²) < 4.78 is 4.79. The number of benzene rings is 5. The summed E-state index contributed by atoms with van der Waals surface area (Å²) in [7, 11) is 0. The first kappa shape index (κ1) is 22.5. The molecule has 3 heteroatoms. The quantitative estimate of drug-likeness (QED) is 0.205. The maximum Gasteiger partial charge on any atom is 0.0561 e. The van der Waals surface area contributed by atoms with Gasteiger partial charge in [-0.25, -0.2) is 0 Å². The van der Waals surface area contributed by atoms with Crippen LogP contribution >= 0.6 is 11.6 Å². The second-order valence-corrected chi connectivity index (χ2v) is 10.8. The lowest BCUT2D eigenvalue weighted by Crippen LogP contribution is -2.00. The molecule has 1 unspecified atom stereocenters. The first-order chi connectivity index (χ1) is 19.3. The minimum absolute atomic E-state index is 0.0377. The van der Waals surface area contributed by atoms with Gasteiger partial charge in [0.15, 0.2) is 0 Å². The zero-order chi connectivity index (χ0) is 25.9. The molecule has 2 nitrogen and oxygen atoms in total. The third-order valence-corrected chi connectivity index (χ3v) is 8.26. The maximum atomic E-state index is 6.47. The molecule has 1 atom stereocenters. The van der Waals surface area contributed by atoms with Crippen LogP contribution in [0.4, 0.5) is 0 Å². The van der Waals surface area contributed by atoms with E-state index in [0.29, 0.717) is 0 Å². The molecule has 0 saturated carbocycles. The Kier molecular flexibility index (Phi) is 5.04. The highest BCUT2D eigenvalue weighted by Crippen LogP contribution is 2.37. The van der Waals surface area contributed by atoms with Crippen molar-refractivity contribution in [2.24, 2.45) is 0 Å². The summed E-state index contributed by atoms with van der Waals surface area (Å²) in [6.45, 7) is 0. The Hall–Kier alpha value is -4.53. The summed E-state index contributed by atoms with van der Waals surface area (Å²) in [5.74, 6) is 0. The molecule has 39 heavy (non-hydrogen) atoms. The van der Waals surface area contributed by atoms with E-state index in [1.54, 1.807) is 0 Å². The predicted octanol–water partition coefficient (Wildman–Crippen LogP) is 9.83. The van der Waals surface area contributed by atoms with Crippen LogP contribution in [0, 0.1) is 0 Å². The summed E-state index contributed by atoms with van der Waals surface area (Å²) in [5.41, 5.74) is 9.48. The SMILES string of the molecule is ClC1C=C(c2cccc(-n3c4ccccc4c4ccc(-n5c6ccccc6c6ccccc65)cc43)c2)C=CC1. The van der Waals surface area contributed by atoms with Crippen molar-refractivity contribution >= 4 is 60.8 Å². The van der Waals surface area contributed by atoms with Crippen molar-refractivity contribution in [3.63, 3.8) is 0 Å². The first-order valence-corrected chi connectivity index (χ1v) is 13.8. The van der Waals surface area contributed by atoms with Gasteiger partial charge < -0.3 is 9.13 Å². The van der Waals surface area contributed by atoms with Gasteiger partial charge in [0.2, 0.25) is 0 Å². The van der Waals surface area contributed by atoms with Crippen LogP contribution in [-0.4, -0.2) is 14.5 Å². The van der Waals surface area contributed by atoms with E-state index in [9.17, 15) is 0 Å². The highest BCUT2D eigenvalue weighted by molar-refractivity contribution is 6.22. The fourth-order valence-electron chi connectivity index (χ4n) is 6.24. The molecule has 0 amide bonds. The fourth-order valence-corrected chi connectivity index (χ4v) is 6.48. The van der Waals surface area contributed by atoms with Crippen molar-refractivity contribution in [3.05, 3.63) is 139 Å². The lowest BCUT2D eigenvalue weighted by atomic mass is 9.99. The second-order valence-electron chi connectivity index (χ2n) is 10.3. The Balaban J connectivity index is 1.41. The lowest BCUT2D eigenvalue weighted by molar-refractivity contribution is 1.05. The van der Waals surface area contributed by atoms with Gasteiger partial charge in [-0.15, -0.1) is 11.6 Å². The first-order valence-electron chi connectivity index (χ1n) is 13.4. The van der Waals surface area contributed by atoms with Crippen LogP contribution in [0.25, 0.3) is 60.6 Å². The van der Waals surface area contributed by atoms with Crippen molar-refractivity contribution in [1.82, 2.24) is 9.13 Å². The summed E-state index contributed by atoms with van der Waals surface area (Å²) in [5, 5.41) is 5.08. The van der Waals surface area contributed by atoms with Crippen molar-refractivity contribution in [2.45, 2.75) is 11.8 Å². The average molecular weight is 521 g/mol. The molecule has 0 fully saturated rings. The second kappa shape index (κ2) is 8.76. The third-order valence-electron chi connectivity index (χ3n) is 7.95. The predicted molar refractivity (Wildman–Crippen MR) is 166 cm³/mol. The number of nitrogens with zero attached hydrogens (tertiary/aromatic N) is 2. The molecule has 0 saturated heterocycles. The van der Waals surface area contributed by atoms with Gasteiger partial charge in [0, 0.05) is 32.9 Å². The molecule has 2 aromatic heterocycles. The van der Waals surface area contributed by atoms with E-state index in [-0.39, 0.29) is 5.38 Å². The van der Waals surface area contributed by atoms with E-state index in [2.05, 4.69) is 143 Å². The maximum absolute atomic E-state index is 6.47. The third kappa shape index (κ3) is 3.49. The monoisotopic (exact) mass is 520 g/mol. The fraction of sp³-hybridized carbons (Fsp3) is 0.0556. The largest absolute Gasteiger partial charge is 0.309 e. The van der Waals surface area contributed by atoms with E-state index < -0.39 is 0 Å². The molecular weight excluding hydrogens is 496 g/mol. The van der Waals surface area contributed by atoms with E-state index >= 15 is 0 Å². The Bertz CT molecular complexity index is 2070. The molecule has 1 aliphatic carbocycles. The molecule has 5 aromatic carbocycles. The van der Waals surface area contributed by atoms with Crippen LogP contribution in [0.3, 0.4) is 0 Å². The Labute approximate surface area is 231 Å². The number of alkyl halides is 1. The molecule has 0 radical (unpaired) electrons. The molecule has 0 spiro atoms. The molecule has 0 bridgehead atoms. The van der Waals surface area contributed by atoms with Crippen molar-refractivity contribution in [2.75, 3.05) is 0 Å². The van der Waals surface area contributed by atoms with Gasteiger partial charge in [-0.05, 0) is 60.0 Å². The summed E-state index contributed by atoms with van der Waals surface area (Å²) in [6.07, 6.45) is 7.39. The minimum atomic E-state index is 0.0377. The number of allylic oxidation sites excluding steroid dienone is 4. The van der Waals surface area contributed by atoms with Gasteiger partial charge in [0.05, 0.1) is 27.4 Å². The number of halogens is 1. The summed E-state index contributed by atoms with van der Waals surface area (Å²) in [6, 6.07) is 41.7. The van der Waals surface area contributed by atoms with E-state index in [1.165, 1.54) is 54.7 Å². The summed E-state index contributed by atoms with van der Waals surface area (Å²) in [4.78, 5) is 0. The zero-order valence-electron chi connectivity index (χ0n) is 21.3. The van der Waals surface area contributed by atoms with Gasteiger partial charge in [-0.3, -0.25) is 0 Å². The minimum Gasteiger partial charge on any atom is -0.309 e. The molecular formula is C36H25ClN2. The van der Waals surface area contributed by atoms with Gasteiger partial charge in [-0.2, -0.15) is 0 Å². The molecule has 186 valence electrons. The number of hydrogen-bond donors (Lipinski definition) is 0.